The van der Waals surface area contributed by atoms with E-state index in [4.69, 9.17) is 0 Å². The lowest BCUT2D eigenvalue weighted by molar-refractivity contribution is -0.119. The maximum Gasteiger partial charge on any atom is 0.133 e. The molecule has 0 saturated heterocycles. The van der Waals surface area contributed by atoms with Crippen molar-refractivity contribution in [1.82, 2.24) is 0 Å². The van der Waals surface area contributed by atoms with Gasteiger partial charge in [0.25, 0.3) is 0 Å². The smallest absolute Gasteiger partial charge is 0.133 e. The summed E-state index contributed by atoms with van der Waals surface area (Å²) in [4.78, 5) is 11.3. The number of ketones is 1. The summed E-state index contributed by atoms with van der Waals surface area (Å²) >= 11 is 3.27. The molecule has 3 heteroatoms. The Hall–Kier alpha value is -0.700. The van der Waals surface area contributed by atoms with Gasteiger partial charge in [0.2, 0.25) is 0 Å². The minimum absolute atomic E-state index is 0.206. The number of hydrogen-bond acceptors (Lipinski definition) is 1. The molecule has 0 saturated carbocycles. The number of carbonyl (C=O) groups excluding carboxylic acids is 1. The minimum Gasteiger partial charge on any atom is -0.300 e. The Morgan fingerprint density at radius 1 is 1.27 bits per heavy atom. The maximum atomic E-state index is 13.2. The standard InChI is InChI=1S/C12H14BrFO/c13-9-3-5-11(15)8-7-10-4-1-2-6-12(10)14/h1-2,4,6H,3,5,7-9H2. The Bertz CT molecular complexity index is 325. The second-order valence-electron chi connectivity index (χ2n) is 3.42. The summed E-state index contributed by atoms with van der Waals surface area (Å²) in [5.74, 6) is -0.0107. The second-order valence-corrected chi connectivity index (χ2v) is 4.22. The van der Waals surface area contributed by atoms with Crippen LogP contribution in [0.5, 0.6) is 0 Å². The van der Waals surface area contributed by atoms with E-state index in [1.54, 1.807) is 18.2 Å². The van der Waals surface area contributed by atoms with Gasteiger partial charge >= 0.3 is 0 Å². The van der Waals surface area contributed by atoms with E-state index >= 15 is 0 Å². The third-order valence-corrected chi connectivity index (χ3v) is 2.78. The van der Waals surface area contributed by atoms with Crippen LogP contribution in [0.1, 0.15) is 24.8 Å². The molecule has 0 unspecified atom stereocenters. The molecule has 15 heavy (non-hydrogen) atoms. The van der Waals surface area contributed by atoms with Crippen LogP contribution >= 0.6 is 15.9 Å². The third kappa shape index (κ3) is 4.56. The number of halogens is 2. The summed E-state index contributed by atoms with van der Waals surface area (Å²) in [6, 6.07) is 6.61. The molecule has 1 nitrogen and oxygen atoms in total. The molecular weight excluding hydrogens is 259 g/mol. The molecule has 0 N–H and O–H groups in total. The Morgan fingerprint density at radius 2 is 2.00 bits per heavy atom. The summed E-state index contributed by atoms with van der Waals surface area (Å²) in [6.07, 6.45) is 2.39. The number of carbonyl (C=O) groups is 1. The van der Waals surface area contributed by atoms with Crippen molar-refractivity contribution >= 4 is 21.7 Å². The third-order valence-electron chi connectivity index (χ3n) is 2.22. The van der Waals surface area contributed by atoms with E-state index in [1.165, 1.54) is 6.07 Å². The molecule has 0 aliphatic carbocycles. The number of aryl methyl sites for hydroxylation is 1. The first kappa shape index (κ1) is 12.4. The van der Waals surface area contributed by atoms with Crippen LogP contribution in [0.4, 0.5) is 4.39 Å². The van der Waals surface area contributed by atoms with Gasteiger partial charge in [0.05, 0.1) is 0 Å². The fraction of sp³-hybridized carbons (Fsp3) is 0.417. The Kier molecular flexibility index (Phi) is 5.54. The normalized spacial score (nSPS) is 10.3. The van der Waals surface area contributed by atoms with Gasteiger partial charge in [-0.15, -0.1) is 0 Å². The van der Waals surface area contributed by atoms with Crippen LogP contribution in [0.2, 0.25) is 0 Å². The number of alkyl halides is 1. The number of rotatable bonds is 6. The molecule has 1 aromatic rings. The van der Waals surface area contributed by atoms with Gasteiger partial charge in [-0.2, -0.15) is 0 Å². The largest absolute Gasteiger partial charge is 0.300 e. The van der Waals surface area contributed by atoms with Crippen molar-refractivity contribution in [3.8, 4) is 0 Å². The first-order valence-electron chi connectivity index (χ1n) is 5.05. The van der Waals surface area contributed by atoms with Crippen molar-refractivity contribution in [2.45, 2.75) is 25.7 Å². The zero-order valence-electron chi connectivity index (χ0n) is 8.51. The molecule has 0 heterocycles. The van der Waals surface area contributed by atoms with Crippen LogP contribution in [0.3, 0.4) is 0 Å². The Morgan fingerprint density at radius 3 is 2.67 bits per heavy atom. The highest BCUT2D eigenvalue weighted by Crippen LogP contribution is 2.10. The van der Waals surface area contributed by atoms with E-state index < -0.39 is 0 Å². The zero-order valence-corrected chi connectivity index (χ0v) is 10.1. The van der Waals surface area contributed by atoms with Crippen LogP contribution in [-0.2, 0) is 11.2 Å². The summed E-state index contributed by atoms with van der Waals surface area (Å²) < 4.78 is 13.2. The van der Waals surface area contributed by atoms with Crippen molar-refractivity contribution in [2.24, 2.45) is 0 Å². The topological polar surface area (TPSA) is 17.1 Å². The summed E-state index contributed by atoms with van der Waals surface area (Å²) in [5, 5.41) is 0.846. The molecule has 0 amide bonds. The van der Waals surface area contributed by atoms with Gasteiger partial charge in [0, 0.05) is 18.2 Å². The lowest BCUT2D eigenvalue weighted by Gasteiger charge is -2.02. The minimum atomic E-state index is -0.217. The maximum absolute atomic E-state index is 13.2. The van der Waals surface area contributed by atoms with Crippen LogP contribution in [0.15, 0.2) is 24.3 Å². The lowest BCUT2D eigenvalue weighted by atomic mass is 10.1. The van der Waals surface area contributed by atoms with Crippen molar-refractivity contribution in [3.05, 3.63) is 35.6 Å². The highest BCUT2D eigenvalue weighted by molar-refractivity contribution is 9.09. The van der Waals surface area contributed by atoms with E-state index in [9.17, 15) is 9.18 Å². The molecule has 0 bridgehead atoms. The van der Waals surface area contributed by atoms with Crippen molar-refractivity contribution in [3.63, 3.8) is 0 Å². The predicted octanol–water partition coefficient (Wildman–Crippen LogP) is 3.50. The monoisotopic (exact) mass is 272 g/mol. The van der Waals surface area contributed by atoms with Crippen molar-refractivity contribution < 1.29 is 9.18 Å². The Balaban J connectivity index is 2.37. The van der Waals surface area contributed by atoms with Gasteiger partial charge in [-0.3, -0.25) is 4.79 Å². The summed E-state index contributed by atoms with van der Waals surface area (Å²) in [5.41, 5.74) is 0.629. The van der Waals surface area contributed by atoms with Gasteiger partial charge < -0.3 is 0 Å². The van der Waals surface area contributed by atoms with Gasteiger partial charge in [-0.25, -0.2) is 4.39 Å². The molecule has 0 spiro atoms. The highest BCUT2D eigenvalue weighted by atomic mass is 79.9. The van der Waals surface area contributed by atoms with E-state index in [-0.39, 0.29) is 11.6 Å². The first-order valence-corrected chi connectivity index (χ1v) is 6.17. The van der Waals surface area contributed by atoms with Gasteiger partial charge in [0.1, 0.15) is 11.6 Å². The van der Waals surface area contributed by atoms with Gasteiger partial charge in [0.15, 0.2) is 0 Å². The predicted molar refractivity (Wildman–Crippen MR) is 62.8 cm³/mol. The molecule has 0 atom stereocenters. The highest BCUT2D eigenvalue weighted by Gasteiger charge is 2.05. The van der Waals surface area contributed by atoms with Crippen LogP contribution < -0.4 is 0 Å². The average Bonchev–Trinajstić information content (AvgIpc) is 2.25. The average molecular weight is 273 g/mol. The number of hydrogen-bond donors (Lipinski definition) is 0. The fourth-order valence-corrected chi connectivity index (χ4v) is 1.64. The van der Waals surface area contributed by atoms with Gasteiger partial charge in [-0.05, 0) is 24.5 Å². The van der Waals surface area contributed by atoms with Crippen LogP contribution in [0, 0.1) is 5.82 Å². The Labute approximate surface area is 97.8 Å². The number of Topliss-reactive ketones (excluding diaryl/α,β-unsaturated/α-hetero) is 1. The second kappa shape index (κ2) is 6.72. The molecule has 1 rings (SSSR count). The van der Waals surface area contributed by atoms with E-state index in [0.717, 1.165) is 11.8 Å². The van der Waals surface area contributed by atoms with E-state index in [1.807, 2.05) is 0 Å². The summed E-state index contributed by atoms with van der Waals surface area (Å²) in [6.45, 7) is 0. The molecular formula is C12H14BrFO. The zero-order chi connectivity index (χ0) is 11.1. The summed E-state index contributed by atoms with van der Waals surface area (Å²) in [7, 11) is 0. The fourth-order valence-electron chi connectivity index (χ4n) is 1.36. The molecule has 0 aromatic heterocycles. The molecule has 1 aromatic carbocycles. The molecule has 0 radical (unpaired) electrons. The lowest BCUT2D eigenvalue weighted by Crippen LogP contribution is -2.01. The molecule has 0 aliphatic rings. The van der Waals surface area contributed by atoms with Crippen LogP contribution in [-0.4, -0.2) is 11.1 Å². The number of benzene rings is 1. The quantitative estimate of drug-likeness (QED) is 0.725. The van der Waals surface area contributed by atoms with Gasteiger partial charge in [-0.1, -0.05) is 34.1 Å². The van der Waals surface area contributed by atoms with Crippen molar-refractivity contribution in [2.75, 3.05) is 5.33 Å². The van der Waals surface area contributed by atoms with Crippen molar-refractivity contribution in [1.29, 1.82) is 0 Å². The first-order chi connectivity index (χ1) is 7.24. The molecule has 0 fully saturated rings. The van der Waals surface area contributed by atoms with Crippen LogP contribution in [0.25, 0.3) is 0 Å². The van der Waals surface area contributed by atoms with E-state index in [2.05, 4.69) is 15.9 Å². The molecule has 82 valence electrons. The molecule has 0 aliphatic heterocycles. The SMILES string of the molecule is O=C(CCCBr)CCc1ccccc1F. The van der Waals surface area contributed by atoms with E-state index in [0.29, 0.717) is 24.8 Å².